The van der Waals surface area contributed by atoms with Gasteiger partial charge in [0.05, 0.1) is 12.2 Å². The van der Waals surface area contributed by atoms with E-state index in [0.717, 1.165) is 18.4 Å². The third-order valence-corrected chi connectivity index (χ3v) is 8.87. The highest BCUT2D eigenvalue weighted by atomic mass is 16.6. The summed E-state index contributed by atoms with van der Waals surface area (Å²) in [6.07, 6.45) is 44.1. The van der Waals surface area contributed by atoms with Crippen LogP contribution in [0, 0.1) is 0 Å². The highest BCUT2D eigenvalue weighted by Crippen LogP contribution is 2.31. The number of hydrogen-bond donors (Lipinski definition) is 0. The molecule has 0 saturated carbocycles. The zero-order valence-corrected chi connectivity index (χ0v) is 26.8. The van der Waals surface area contributed by atoms with E-state index >= 15 is 0 Å². The predicted molar refractivity (Wildman–Crippen MR) is 172 cm³/mol. The van der Waals surface area contributed by atoms with E-state index in [1.165, 1.54) is 161 Å². The molecule has 2 heterocycles. The Hall–Kier alpha value is -1.09. The number of hydrogen-bond acceptors (Lipinski definition) is 3. The minimum atomic E-state index is -0.0937. The molecule has 0 aliphatic carbocycles. The van der Waals surface area contributed by atoms with E-state index in [1.807, 2.05) is 13.0 Å². The minimum Gasteiger partial charge on any atom is -0.455 e. The van der Waals surface area contributed by atoms with Crippen LogP contribution in [0.4, 0.5) is 0 Å². The number of carbonyl (C=O) groups is 1. The maximum Gasteiger partial charge on any atom is 0.334 e. The summed E-state index contributed by atoms with van der Waals surface area (Å²) in [4.78, 5) is 11.6. The Morgan fingerprint density at radius 2 is 1.07 bits per heavy atom. The molecule has 2 aliphatic rings. The second-order valence-electron chi connectivity index (χ2n) is 12.8. The number of unbranched alkanes of at least 4 members (excludes halogenated alkanes) is 21. The highest BCUT2D eigenvalue weighted by molar-refractivity contribution is 5.90. The van der Waals surface area contributed by atoms with Crippen LogP contribution in [-0.2, 0) is 14.3 Å². The molecule has 3 nitrogen and oxygen atoms in total. The minimum absolute atomic E-state index is 0.0216. The van der Waals surface area contributed by atoms with Gasteiger partial charge in [-0.3, -0.25) is 0 Å². The molecule has 3 heteroatoms. The molecule has 0 N–H and O–H groups in total. The largest absolute Gasteiger partial charge is 0.455 e. The molecule has 3 unspecified atom stereocenters. The molecule has 1 saturated heterocycles. The summed E-state index contributed by atoms with van der Waals surface area (Å²) in [6, 6.07) is 0. The van der Waals surface area contributed by atoms with Crippen molar-refractivity contribution in [3.05, 3.63) is 23.8 Å². The number of ether oxygens (including phenoxy) is 2. The van der Waals surface area contributed by atoms with Crippen LogP contribution in [0.25, 0.3) is 0 Å². The molecule has 2 aliphatic heterocycles. The van der Waals surface area contributed by atoms with Crippen molar-refractivity contribution in [2.45, 2.75) is 206 Å². The van der Waals surface area contributed by atoms with Crippen LogP contribution in [0.15, 0.2) is 23.8 Å². The fourth-order valence-electron chi connectivity index (χ4n) is 6.18. The van der Waals surface area contributed by atoms with Crippen molar-refractivity contribution < 1.29 is 14.3 Å². The van der Waals surface area contributed by atoms with E-state index in [9.17, 15) is 4.79 Å². The number of cyclic esters (lactones) is 1. The lowest BCUT2D eigenvalue weighted by molar-refractivity contribution is -0.139. The van der Waals surface area contributed by atoms with Gasteiger partial charge in [0.1, 0.15) is 6.10 Å². The van der Waals surface area contributed by atoms with Gasteiger partial charge in [-0.2, -0.15) is 0 Å². The Morgan fingerprint density at radius 3 is 1.62 bits per heavy atom. The van der Waals surface area contributed by atoms with E-state index in [-0.39, 0.29) is 12.1 Å². The third kappa shape index (κ3) is 19.1. The van der Waals surface area contributed by atoms with Gasteiger partial charge in [0, 0.05) is 5.57 Å². The fourth-order valence-corrected chi connectivity index (χ4v) is 6.18. The Kier molecular flexibility index (Phi) is 21.5. The first-order valence-corrected chi connectivity index (χ1v) is 17.9. The standard InChI is InChI=1S/C37H66O3/c1-3-4-5-6-7-8-9-10-11-12-13-14-18-21-24-27-30-35-36(40-35)31-28-25-22-19-16-15-17-20-23-26-29-34-32-33(2)39-37(34)38/h21,24,32-33,35-36H,3-20,22-23,25-31H2,1-2H3/b24-21-. The molecule has 232 valence electrons. The molecule has 0 aromatic heterocycles. The number of epoxide rings is 1. The van der Waals surface area contributed by atoms with Crippen LogP contribution < -0.4 is 0 Å². The summed E-state index contributed by atoms with van der Waals surface area (Å²) in [6.45, 7) is 4.23. The first-order chi connectivity index (χ1) is 19.7. The lowest BCUT2D eigenvalue weighted by Crippen LogP contribution is -2.03. The summed E-state index contributed by atoms with van der Waals surface area (Å²) in [7, 11) is 0. The van der Waals surface area contributed by atoms with Gasteiger partial charge in [-0.15, -0.1) is 0 Å². The van der Waals surface area contributed by atoms with E-state index in [0.29, 0.717) is 12.2 Å². The molecule has 1 fully saturated rings. The maximum absolute atomic E-state index is 11.6. The van der Waals surface area contributed by atoms with Crippen LogP contribution in [0.3, 0.4) is 0 Å². The van der Waals surface area contributed by atoms with Gasteiger partial charge in [-0.25, -0.2) is 4.79 Å². The molecule has 3 atom stereocenters. The molecule has 0 aromatic carbocycles. The van der Waals surface area contributed by atoms with Crippen LogP contribution in [0.5, 0.6) is 0 Å². The van der Waals surface area contributed by atoms with Gasteiger partial charge >= 0.3 is 5.97 Å². The molecule has 0 radical (unpaired) electrons. The second kappa shape index (κ2) is 24.5. The number of rotatable bonds is 29. The van der Waals surface area contributed by atoms with Gasteiger partial charge in [-0.05, 0) is 57.9 Å². The molecular formula is C37H66O3. The molecule has 0 aromatic rings. The molecule has 0 amide bonds. The average Bonchev–Trinajstić information content (AvgIpc) is 3.61. The summed E-state index contributed by atoms with van der Waals surface area (Å²) in [5.41, 5.74) is 0.896. The van der Waals surface area contributed by atoms with Gasteiger partial charge in [-0.1, -0.05) is 147 Å². The predicted octanol–water partition coefficient (Wildman–Crippen LogP) is 11.7. The smallest absolute Gasteiger partial charge is 0.334 e. The van der Waals surface area contributed by atoms with Crippen molar-refractivity contribution >= 4 is 5.97 Å². The number of allylic oxidation sites excluding steroid dienone is 2. The molecule has 40 heavy (non-hydrogen) atoms. The van der Waals surface area contributed by atoms with Crippen molar-refractivity contribution in [1.29, 1.82) is 0 Å². The summed E-state index contributed by atoms with van der Waals surface area (Å²) < 4.78 is 11.1. The van der Waals surface area contributed by atoms with E-state index in [4.69, 9.17) is 9.47 Å². The first-order valence-electron chi connectivity index (χ1n) is 17.9. The van der Waals surface area contributed by atoms with Crippen molar-refractivity contribution in [1.82, 2.24) is 0 Å². The molecule has 0 spiro atoms. The Balaban J connectivity index is 1.22. The monoisotopic (exact) mass is 559 g/mol. The second-order valence-corrected chi connectivity index (χ2v) is 12.8. The molecule has 2 rings (SSSR count). The van der Waals surface area contributed by atoms with Crippen molar-refractivity contribution in [2.75, 3.05) is 0 Å². The van der Waals surface area contributed by atoms with Crippen molar-refractivity contribution in [2.24, 2.45) is 0 Å². The van der Waals surface area contributed by atoms with Crippen LogP contribution in [0.2, 0.25) is 0 Å². The van der Waals surface area contributed by atoms with Crippen molar-refractivity contribution in [3.8, 4) is 0 Å². The fraction of sp³-hybridized carbons (Fsp3) is 0.865. The zero-order valence-electron chi connectivity index (χ0n) is 26.8. The average molecular weight is 559 g/mol. The number of carbonyl (C=O) groups excluding carboxylic acids is 1. The zero-order chi connectivity index (χ0) is 28.5. The van der Waals surface area contributed by atoms with Crippen molar-refractivity contribution in [3.63, 3.8) is 0 Å². The van der Waals surface area contributed by atoms with E-state index in [1.54, 1.807) is 0 Å². The van der Waals surface area contributed by atoms with E-state index < -0.39 is 0 Å². The topological polar surface area (TPSA) is 38.8 Å². The van der Waals surface area contributed by atoms with Crippen LogP contribution >= 0.6 is 0 Å². The maximum atomic E-state index is 11.6. The summed E-state index contributed by atoms with van der Waals surface area (Å²) >= 11 is 0. The van der Waals surface area contributed by atoms with Gasteiger partial charge in [0.2, 0.25) is 0 Å². The Labute approximate surface area is 249 Å². The summed E-state index contributed by atoms with van der Waals surface area (Å²) in [5, 5.41) is 0. The molecule has 0 bridgehead atoms. The first kappa shape index (κ1) is 35.1. The summed E-state index contributed by atoms with van der Waals surface area (Å²) in [5.74, 6) is -0.0937. The highest BCUT2D eigenvalue weighted by Gasteiger charge is 2.36. The van der Waals surface area contributed by atoms with Gasteiger partial charge in [0.25, 0.3) is 0 Å². The Morgan fingerprint density at radius 1 is 0.600 bits per heavy atom. The van der Waals surface area contributed by atoms with Crippen LogP contribution in [0.1, 0.15) is 187 Å². The quantitative estimate of drug-likeness (QED) is 0.0396. The van der Waals surface area contributed by atoms with Crippen LogP contribution in [-0.4, -0.2) is 24.3 Å². The third-order valence-electron chi connectivity index (χ3n) is 8.87. The van der Waals surface area contributed by atoms with Gasteiger partial charge in [0.15, 0.2) is 0 Å². The normalized spacial score (nSPS) is 20.4. The Bertz CT molecular complexity index is 666. The van der Waals surface area contributed by atoms with E-state index in [2.05, 4.69) is 19.1 Å². The lowest BCUT2D eigenvalue weighted by atomic mass is 10.0. The lowest BCUT2D eigenvalue weighted by Gasteiger charge is -2.03. The molecular weight excluding hydrogens is 492 g/mol. The SMILES string of the molecule is CCCCCCCCCCCCCC/C=C\CCC1OC1CCCCCCCCCCCCC1=CC(C)OC1=O. The van der Waals surface area contributed by atoms with Gasteiger partial charge < -0.3 is 9.47 Å². The number of esters is 1.